The molecule has 0 unspecified atom stereocenters. The topological polar surface area (TPSA) is 90.2 Å². The Kier molecular flexibility index (Phi) is 10.8. The lowest BCUT2D eigenvalue weighted by Gasteiger charge is -2.27. The highest BCUT2D eigenvalue weighted by atomic mass is 14.8. The molecule has 0 aliphatic heterocycles. The van der Waals surface area contributed by atoms with Crippen LogP contribution >= 0.6 is 0 Å². The predicted octanol–water partition coefficient (Wildman–Crippen LogP) is 16.3. The lowest BCUT2D eigenvalue weighted by atomic mass is 9.78. The first-order chi connectivity index (χ1) is 34.9. The van der Waals surface area contributed by atoms with E-state index in [4.69, 9.17) is 34.9 Å². The van der Waals surface area contributed by atoms with Crippen molar-refractivity contribution in [3.8, 4) is 78.9 Å². The smallest absolute Gasteiger partial charge is 0.0900 e. The van der Waals surface area contributed by atoms with Crippen LogP contribution < -0.4 is 0 Å². The number of aromatic nitrogens is 7. The molecule has 7 aromatic heterocycles. The molecule has 5 aromatic carbocycles. The Morgan fingerprint density at radius 3 is 0.972 bits per heavy atom. The maximum atomic E-state index is 5.83. The van der Waals surface area contributed by atoms with Crippen molar-refractivity contribution in [3.05, 3.63) is 212 Å². The van der Waals surface area contributed by atoms with E-state index in [-0.39, 0.29) is 10.8 Å². The molecule has 0 spiro atoms. The summed E-state index contributed by atoms with van der Waals surface area (Å²) >= 11 is 0. The van der Waals surface area contributed by atoms with Crippen LogP contribution in [0.15, 0.2) is 201 Å². The molecule has 0 aliphatic rings. The number of hydrogen-bond donors (Lipinski definition) is 0. The van der Waals surface area contributed by atoms with Crippen LogP contribution in [0.5, 0.6) is 0 Å². The summed E-state index contributed by atoms with van der Waals surface area (Å²) in [4.78, 5) is 34.8. The van der Waals surface area contributed by atoms with Crippen molar-refractivity contribution in [2.45, 2.75) is 52.4 Å². The molecule has 0 saturated carbocycles. The zero-order valence-corrected chi connectivity index (χ0v) is 41.2. The fourth-order valence-electron chi connectivity index (χ4n) is 9.79. The van der Waals surface area contributed by atoms with Gasteiger partial charge in [0.05, 0.1) is 56.6 Å². The van der Waals surface area contributed by atoms with Gasteiger partial charge in [0.25, 0.3) is 0 Å². The van der Waals surface area contributed by atoms with Crippen molar-refractivity contribution in [1.29, 1.82) is 0 Å². The van der Waals surface area contributed by atoms with E-state index in [0.717, 1.165) is 111 Å². The van der Waals surface area contributed by atoms with Crippen molar-refractivity contribution in [2.75, 3.05) is 0 Å². The minimum absolute atomic E-state index is 0.0859. The fraction of sp³-hybridized carbons (Fsp3) is 0.123. The van der Waals surface area contributed by atoms with Crippen LogP contribution in [0.1, 0.15) is 52.7 Å². The number of rotatable bonds is 7. The molecule has 7 nitrogen and oxygen atoms in total. The molecular formula is C65H51N7. The van der Waals surface area contributed by atoms with E-state index in [2.05, 4.69) is 145 Å². The van der Waals surface area contributed by atoms with Gasteiger partial charge in [-0.1, -0.05) is 133 Å². The molecule has 12 rings (SSSR count). The van der Waals surface area contributed by atoms with Crippen LogP contribution in [0.25, 0.3) is 122 Å². The van der Waals surface area contributed by atoms with Crippen LogP contribution in [0.3, 0.4) is 0 Å². The van der Waals surface area contributed by atoms with Gasteiger partial charge in [0.1, 0.15) is 0 Å². The molecule has 0 amide bonds. The summed E-state index contributed by atoms with van der Waals surface area (Å²) in [5.41, 5.74) is 17.1. The van der Waals surface area contributed by atoms with Crippen molar-refractivity contribution < 1.29 is 0 Å². The lowest BCUT2D eigenvalue weighted by Crippen LogP contribution is -2.16. The van der Waals surface area contributed by atoms with Crippen molar-refractivity contribution in [2.24, 2.45) is 0 Å². The molecule has 0 fully saturated rings. The Bertz CT molecular complexity index is 3660. The Morgan fingerprint density at radius 1 is 0.278 bits per heavy atom. The average Bonchev–Trinajstić information content (AvgIpc) is 3.42. The second-order valence-electron chi connectivity index (χ2n) is 20.7. The summed E-state index contributed by atoms with van der Waals surface area (Å²) in [6.07, 6.45) is 7.24. The highest BCUT2D eigenvalue weighted by Crippen LogP contribution is 2.44. The van der Waals surface area contributed by atoms with Gasteiger partial charge >= 0.3 is 0 Å². The first-order valence-electron chi connectivity index (χ1n) is 24.5. The summed E-state index contributed by atoms with van der Waals surface area (Å²) in [6, 6.07) is 62.0. The van der Waals surface area contributed by atoms with E-state index in [1.165, 1.54) is 22.3 Å². The standard InChI is InChI=1S/C65H51N7/c1-64(2,3)47-31-46(32-48(39-47)65(4,5)6)61-49-25-23-40-19-21-42(44-35-57(53-15-7-11-27-66-53)70-58(36-44)54-16-8-12-28-67-54)33-51(40)62(49)72-63-50(61)26-24-41-20-22-43(34-52(41)63)45-37-59(55-17-9-13-29-68-55)71-60(38-45)56-18-10-14-30-69-56/h7-39H,1-6H3. The number of pyridine rings is 7. The van der Waals surface area contributed by atoms with Crippen LogP contribution in [0, 0.1) is 0 Å². The molecular weight excluding hydrogens is 879 g/mol. The molecule has 0 aliphatic carbocycles. The van der Waals surface area contributed by atoms with Gasteiger partial charge in [-0.25, -0.2) is 15.0 Å². The van der Waals surface area contributed by atoms with Gasteiger partial charge in [0, 0.05) is 51.9 Å². The van der Waals surface area contributed by atoms with E-state index in [1.54, 1.807) is 0 Å². The van der Waals surface area contributed by atoms with Gasteiger partial charge in [-0.15, -0.1) is 0 Å². The van der Waals surface area contributed by atoms with Gasteiger partial charge in [0.15, 0.2) is 0 Å². The Balaban J connectivity index is 1.14. The van der Waals surface area contributed by atoms with Crippen LogP contribution in [-0.2, 0) is 10.8 Å². The largest absolute Gasteiger partial charge is 0.255 e. The molecule has 0 bridgehead atoms. The quantitative estimate of drug-likeness (QED) is 0.116. The third-order valence-electron chi connectivity index (χ3n) is 13.7. The SMILES string of the molecule is CC(C)(C)c1cc(-c2c3ccc4ccc(-c5cc(-c6ccccn6)nc(-c6ccccn6)c5)cc4c3nc3c2ccc2ccc(-c4cc(-c5ccccn5)nc(-c5ccccn5)c4)cc23)cc(C(C)(C)C)c1. The molecule has 346 valence electrons. The van der Waals surface area contributed by atoms with E-state index < -0.39 is 0 Å². The second kappa shape index (κ2) is 17.5. The maximum absolute atomic E-state index is 5.83. The molecule has 7 heteroatoms. The van der Waals surface area contributed by atoms with E-state index >= 15 is 0 Å². The summed E-state index contributed by atoms with van der Waals surface area (Å²) in [5, 5.41) is 6.53. The number of fused-ring (bicyclic) bond motifs is 6. The zero-order valence-electron chi connectivity index (χ0n) is 41.2. The van der Waals surface area contributed by atoms with Crippen molar-refractivity contribution in [3.63, 3.8) is 0 Å². The Morgan fingerprint density at radius 2 is 0.639 bits per heavy atom. The van der Waals surface area contributed by atoms with Crippen molar-refractivity contribution >= 4 is 43.4 Å². The number of benzene rings is 5. The maximum Gasteiger partial charge on any atom is 0.0900 e. The number of hydrogen-bond acceptors (Lipinski definition) is 7. The van der Waals surface area contributed by atoms with Crippen molar-refractivity contribution in [1.82, 2.24) is 34.9 Å². The normalized spacial score (nSPS) is 12.0. The summed E-state index contributed by atoms with van der Waals surface area (Å²) in [5.74, 6) is 0. The highest BCUT2D eigenvalue weighted by Gasteiger charge is 2.24. The van der Waals surface area contributed by atoms with Gasteiger partial charge in [-0.05, 0) is 145 Å². The summed E-state index contributed by atoms with van der Waals surface area (Å²) < 4.78 is 0. The molecule has 0 saturated heterocycles. The van der Waals surface area contributed by atoms with Gasteiger partial charge in [-0.3, -0.25) is 19.9 Å². The van der Waals surface area contributed by atoms with Crippen LogP contribution in [0.4, 0.5) is 0 Å². The molecule has 12 aromatic rings. The molecule has 0 radical (unpaired) electrons. The van der Waals surface area contributed by atoms with Gasteiger partial charge in [-0.2, -0.15) is 0 Å². The third kappa shape index (κ3) is 8.32. The summed E-state index contributed by atoms with van der Waals surface area (Å²) in [7, 11) is 0. The molecule has 72 heavy (non-hydrogen) atoms. The first-order valence-corrected chi connectivity index (χ1v) is 24.5. The molecule has 7 heterocycles. The third-order valence-corrected chi connectivity index (χ3v) is 13.7. The minimum Gasteiger partial charge on any atom is -0.255 e. The van der Waals surface area contributed by atoms with Gasteiger partial charge < -0.3 is 0 Å². The van der Waals surface area contributed by atoms with Crippen LogP contribution in [0.2, 0.25) is 0 Å². The fourth-order valence-corrected chi connectivity index (χ4v) is 9.79. The Hall–Kier alpha value is -8.81. The lowest BCUT2D eigenvalue weighted by molar-refractivity contribution is 0.569. The first kappa shape index (κ1) is 44.4. The predicted molar refractivity (Wildman–Crippen MR) is 296 cm³/mol. The van der Waals surface area contributed by atoms with E-state index in [9.17, 15) is 0 Å². The monoisotopic (exact) mass is 929 g/mol. The zero-order chi connectivity index (χ0) is 49.1. The van der Waals surface area contributed by atoms with E-state index in [1.807, 2.05) is 97.6 Å². The number of nitrogens with zero attached hydrogens (tertiary/aromatic N) is 7. The second-order valence-corrected chi connectivity index (χ2v) is 20.7. The van der Waals surface area contributed by atoms with E-state index in [0.29, 0.717) is 0 Å². The Labute approximate surface area is 419 Å². The molecule has 0 atom stereocenters. The summed E-state index contributed by atoms with van der Waals surface area (Å²) in [6.45, 7) is 13.8. The molecule has 0 N–H and O–H groups in total. The highest BCUT2D eigenvalue weighted by molar-refractivity contribution is 6.22. The van der Waals surface area contributed by atoms with Gasteiger partial charge in [0.2, 0.25) is 0 Å². The average molecular weight is 930 g/mol. The van der Waals surface area contributed by atoms with Crippen LogP contribution in [-0.4, -0.2) is 34.9 Å². The minimum atomic E-state index is -0.0859.